The van der Waals surface area contributed by atoms with Crippen LogP contribution in [0.3, 0.4) is 0 Å². The van der Waals surface area contributed by atoms with Crippen LogP contribution in [-0.2, 0) is 0 Å². The summed E-state index contributed by atoms with van der Waals surface area (Å²) in [6.45, 7) is 6.01. The van der Waals surface area contributed by atoms with E-state index in [9.17, 15) is 0 Å². The highest BCUT2D eigenvalue weighted by Gasteiger charge is 2.22. The molecule has 0 radical (unpaired) electrons. The number of para-hydroxylation sites is 2. The molecule has 0 N–H and O–H groups in total. The van der Waals surface area contributed by atoms with Gasteiger partial charge in [-0.2, -0.15) is 9.97 Å². The van der Waals surface area contributed by atoms with E-state index in [0.717, 1.165) is 55.2 Å². The molecule has 0 unspecified atom stereocenters. The number of fused-ring (bicyclic) bond motifs is 7. The van der Waals surface area contributed by atoms with Crippen LogP contribution in [0.25, 0.3) is 89.2 Å². The Bertz CT molecular complexity index is 2800. The van der Waals surface area contributed by atoms with E-state index >= 15 is 0 Å². The van der Waals surface area contributed by atoms with Crippen LogP contribution in [0, 0.1) is 0 Å². The van der Waals surface area contributed by atoms with Gasteiger partial charge in [0.25, 0.3) is 0 Å². The molecule has 0 fully saturated rings. The lowest BCUT2D eigenvalue weighted by atomic mass is 10.0. The van der Waals surface area contributed by atoms with Crippen molar-refractivity contribution in [3.05, 3.63) is 176 Å². The largest absolute Gasteiger partial charge is 0.309 e. The van der Waals surface area contributed by atoms with E-state index in [1.807, 2.05) is 48.6 Å². The van der Waals surface area contributed by atoms with Crippen molar-refractivity contribution in [2.45, 2.75) is 6.92 Å². The summed E-state index contributed by atoms with van der Waals surface area (Å²) in [5.41, 5.74) is 9.55. The molecule has 0 saturated carbocycles. The van der Waals surface area contributed by atoms with E-state index in [0.29, 0.717) is 17.6 Å². The summed E-state index contributed by atoms with van der Waals surface area (Å²) in [5.74, 6) is 1.80. The second-order valence-corrected chi connectivity index (χ2v) is 12.5. The topological polar surface area (TPSA) is 48.5 Å². The molecule has 3 heterocycles. The predicted molar refractivity (Wildman–Crippen MR) is 213 cm³/mol. The first-order valence-corrected chi connectivity index (χ1v) is 17.1. The Labute approximate surface area is 295 Å². The number of benzene rings is 6. The molecule has 51 heavy (non-hydrogen) atoms. The van der Waals surface area contributed by atoms with Crippen LogP contribution in [0.15, 0.2) is 176 Å². The lowest BCUT2D eigenvalue weighted by Gasteiger charge is -2.12. The molecule has 242 valence electrons. The van der Waals surface area contributed by atoms with Gasteiger partial charge < -0.3 is 4.57 Å². The fourth-order valence-electron chi connectivity index (χ4n) is 7.21. The summed E-state index contributed by atoms with van der Waals surface area (Å²) in [6.07, 6.45) is 8.07. The second-order valence-electron chi connectivity index (χ2n) is 12.5. The highest BCUT2D eigenvalue weighted by molar-refractivity contribution is 6.26. The minimum Gasteiger partial charge on any atom is -0.309 e. The first-order valence-electron chi connectivity index (χ1n) is 17.1. The summed E-state index contributed by atoms with van der Waals surface area (Å²) in [5, 5.41) is 4.65. The van der Waals surface area contributed by atoms with Crippen LogP contribution >= 0.6 is 0 Å². The third kappa shape index (κ3) is 5.06. The van der Waals surface area contributed by atoms with Gasteiger partial charge in [0.15, 0.2) is 11.6 Å². The summed E-state index contributed by atoms with van der Waals surface area (Å²) >= 11 is 0. The fraction of sp³-hybridized carbons (Fsp3) is 0.0217. The number of allylic oxidation sites excluding steroid dienone is 5. The molecule has 9 aromatic rings. The van der Waals surface area contributed by atoms with Crippen molar-refractivity contribution < 1.29 is 0 Å². The van der Waals surface area contributed by atoms with Crippen molar-refractivity contribution in [2.75, 3.05) is 0 Å². The molecule has 5 heteroatoms. The minimum atomic E-state index is 0.567. The zero-order chi connectivity index (χ0) is 34.3. The number of aromatic nitrogens is 5. The zero-order valence-corrected chi connectivity index (χ0v) is 28.1. The summed E-state index contributed by atoms with van der Waals surface area (Å²) < 4.78 is 4.56. The maximum absolute atomic E-state index is 5.21. The third-order valence-electron chi connectivity index (χ3n) is 9.53. The maximum atomic E-state index is 5.21. The van der Waals surface area contributed by atoms with Crippen molar-refractivity contribution in [3.63, 3.8) is 0 Å². The molecule has 0 bridgehead atoms. The number of nitrogens with zero attached hydrogens (tertiary/aromatic N) is 5. The Kier molecular flexibility index (Phi) is 7.44. The molecular formula is C46H33N5. The second kappa shape index (κ2) is 12.6. The molecule has 0 aliphatic heterocycles. The van der Waals surface area contributed by atoms with E-state index in [4.69, 9.17) is 15.0 Å². The molecule has 9 rings (SSSR count). The van der Waals surface area contributed by atoms with Crippen LogP contribution in [0.1, 0.15) is 6.92 Å². The van der Waals surface area contributed by atoms with Crippen molar-refractivity contribution >= 4 is 49.3 Å². The van der Waals surface area contributed by atoms with Gasteiger partial charge in [0.05, 0.1) is 22.1 Å². The van der Waals surface area contributed by atoms with Gasteiger partial charge in [-0.15, -0.1) is 0 Å². The van der Waals surface area contributed by atoms with Gasteiger partial charge >= 0.3 is 0 Å². The van der Waals surface area contributed by atoms with Crippen molar-refractivity contribution in [3.8, 4) is 39.9 Å². The van der Waals surface area contributed by atoms with Crippen LogP contribution in [-0.4, -0.2) is 24.1 Å². The lowest BCUT2D eigenvalue weighted by molar-refractivity contribution is 0.953. The predicted octanol–water partition coefficient (Wildman–Crippen LogP) is 11.7. The van der Waals surface area contributed by atoms with E-state index in [1.54, 1.807) is 0 Å². The van der Waals surface area contributed by atoms with Gasteiger partial charge in [-0.05, 0) is 42.3 Å². The molecular weight excluding hydrogens is 623 g/mol. The summed E-state index contributed by atoms with van der Waals surface area (Å²) in [4.78, 5) is 15.4. The molecule has 6 aromatic carbocycles. The first-order chi connectivity index (χ1) is 25.2. The highest BCUT2D eigenvalue weighted by atomic mass is 15.2. The summed E-state index contributed by atoms with van der Waals surface area (Å²) in [7, 11) is 0. The Morgan fingerprint density at radius 1 is 0.529 bits per heavy atom. The Morgan fingerprint density at radius 3 is 1.78 bits per heavy atom. The average Bonchev–Trinajstić information content (AvgIpc) is 3.72. The molecule has 5 nitrogen and oxygen atoms in total. The lowest BCUT2D eigenvalue weighted by Crippen LogP contribution is -2.06. The van der Waals surface area contributed by atoms with E-state index in [1.165, 1.54) is 16.3 Å². The van der Waals surface area contributed by atoms with Gasteiger partial charge in [0.2, 0.25) is 5.95 Å². The normalized spacial score (nSPS) is 12.1. The molecule has 0 aliphatic carbocycles. The monoisotopic (exact) mass is 655 g/mol. The average molecular weight is 656 g/mol. The van der Waals surface area contributed by atoms with E-state index < -0.39 is 0 Å². The Balaban J connectivity index is 1.34. The van der Waals surface area contributed by atoms with Crippen molar-refractivity contribution in [2.24, 2.45) is 0 Å². The number of hydrogen-bond acceptors (Lipinski definition) is 3. The third-order valence-corrected chi connectivity index (χ3v) is 9.53. The standard InChI is InChI=1S/C46H33N5/c1-3-5-20-35(4-2)50-39-23-14-12-21-36(39)37-29-30-41-42(43(37)50)38-22-13-15-24-40(38)51(41)46-48-44(33-18-10-7-11-19-33)47-45(49-46)34-27-25-32(26-28-34)31-16-8-6-9-17-31/h3-30H,1H2,2H3/b20-5-,35-4+. The van der Waals surface area contributed by atoms with Gasteiger partial charge in [0, 0.05) is 38.4 Å². The SMILES string of the molecule is C=C/C=C\C(=C/C)n1c2ccccc2c2ccc3c(c4ccccc4n3-c3nc(-c4ccccc4)nc(-c4ccc(-c5ccccc5)cc4)n3)c21. The minimum absolute atomic E-state index is 0.567. The molecule has 3 aromatic heterocycles. The molecule has 0 saturated heterocycles. The van der Waals surface area contributed by atoms with Crippen LogP contribution in [0.4, 0.5) is 0 Å². The van der Waals surface area contributed by atoms with Crippen LogP contribution in [0.5, 0.6) is 0 Å². The molecule has 0 spiro atoms. The molecule has 0 aliphatic rings. The smallest absolute Gasteiger partial charge is 0.238 e. The number of rotatable bonds is 7. The molecule has 0 amide bonds. The fourth-order valence-corrected chi connectivity index (χ4v) is 7.21. The number of hydrogen-bond donors (Lipinski definition) is 0. The maximum Gasteiger partial charge on any atom is 0.238 e. The first kappa shape index (κ1) is 30.2. The van der Waals surface area contributed by atoms with E-state index in [-0.39, 0.29) is 0 Å². The van der Waals surface area contributed by atoms with Crippen molar-refractivity contribution in [1.29, 1.82) is 0 Å². The van der Waals surface area contributed by atoms with Gasteiger partial charge in [-0.3, -0.25) is 4.57 Å². The highest BCUT2D eigenvalue weighted by Crippen LogP contribution is 2.42. The van der Waals surface area contributed by atoms with E-state index in [2.05, 4.69) is 144 Å². The quantitative estimate of drug-likeness (QED) is 0.161. The van der Waals surface area contributed by atoms with Gasteiger partial charge in [-0.1, -0.05) is 152 Å². The summed E-state index contributed by atoms with van der Waals surface area (Å²) in [6, 6.07) is 50.6. The molecule has 0 atom stereocenters. The zero-order valence-electron chi connectivity index (χ0n) is 28.1. The van der Waals surface area contributed by atoms with Gasteiger partial charge in [0.1, 0.15) is 0 Å². The Hall–Kier alpha value is -6.85. The van der Waals surface area contributed by atoms with Crippen LogP contribution in [0.2, 0.25) is 0 Å². The van der Waals surface area contributed by atoms with Gasteiger partial charge in [-0.25, -0.2) is 4.98 Å². The van der Waals surface area contributed by atoms with Crippen molar-refractivity contribution in [1.82, 2.24) is 24.1 Å². The Morgan fingerprint density at radius 2 is 1.10 bits per heavy atom. The van der Waals surface area contributed by atoms with Crippen LogP contribution < -0.4 is 0 Å².